The molecule has 2 amide bonds. The van der Waals surface area contributed by atoms with Gasteiger partial charge in [-0.1, -0.05) is 0 Å². The second kappa shape index (κ2) is 7.89. The molecule has 6 nitrogen and oxygen atoms in total. The van der Waals surface area contributed by atoms with Gasteiger partial charge in [0.1, 0.15) is 11.5 Å². The molecule has 0 radical (unpaired) electrons. The number of methoxy groups -OCH3 is 1. The lowest BCUT2D eigenvalue weighted by molar-refractivity contribution is 0.239. The molecule has 122 valence electrons. The first-order valence-electron chi connectivity index (χ1n) is 7.72. The van der Waals surface area contributed by atoms with Crippen LogP contribution in [0.3, 0.4) is 0 Å². The number of nitrogens with zero attached hydrogens (tertiary/aromatic N) is 1. The van der Waals surface area contributed by atoms with Gasteiger partial charge in [0.25, 0.3) is 0 Å². The minimum absolute atomic E-state index is 0.101. The van der Waals surface area contributed by atoms with Gasteiger partial charge in [-0.05, 0) is 44.0 Å². The highest BCUT2D eigenvalue weighted by atomic mass is 16.5. The van der Waals surface area contributed by atoms with Crippen LogP contribution in [0.15, 0.2) is 18.2 Å². The fourth-order valence-corrected chi connectivity index (χ4v) is 2.81. The number of ether oxygens (including phenoxy) is 1. The number of hydrogen-bond acceptors (Lipinski definition) is 4. The van der Waals surface area contributed by atoms with Crippen LogP contribution in [0.25, 0.3) is 0 Å². The number of aromatic hydroxyl groups is 1. The van der Waals surface area contributed by atoms with Gasteiger partial charge in [-0.15, -0.1) is 0 Å². The molecule has 1 aromatic carbocycles. The van der Waals surface area contributed by atoms with E-state index in [1.165, 1.54) is 0 Å². The standard InChI is InChI=1S/C16H25N3O3/c1-3-17-16(21)18-9-12-6-7-19(10-12)11-13-8-14(20)4-5-15(13)22-2/h4-5,8,12,20H,3,6-7,9-11H2,1-2H3,(H2,17,18,21)/t12-/m0/s1. The number of phenolic OH excluding ortho intramolecular Hbond substituents is 1. The molecular formula is C16H25N3O3. The van der Waals surface area contributed by atoms with Crippen molar-refractivity contribution in [2.45, 2.75) is 19.9 Å². The van der Waals surface area contributed by atoms with Crippen LogP contribution in [0.1, 0.15) is 18.9 Å². The summed E-state index contributed by atoms with van der Waals surface area (Å²) in [6.45, 7) is 5.90. The molecule has 6 heteroatoms. The Kier molecular flexibility index (Phi) is 5.89. The van der Waals surface area contributed by atoms with Gasteiger partial charge in [0.2, 0.25) is 0 Å². The molecular weight excluding hydrogens is 282 g/mol. The van der Waals surface area contributed by atoms with Gasteiger partial charge >= 0.3 is 6.03 Å². The highest BCUT2D eigenvalue weighted by molar-refractivity contribution is 5.73. The van der Waals surface area contributed by atoms with Crippen molar-refractivity contribution < 1.29 is 14.6 Å². The van der Waals surface area contributed by atoms with Crippen LogP contribution in [-0.2, 0) is 6.54 Å². The van der Waals surface area contributed by atoms with E-state index in [0.29, 0.717) is 19.0 Å². The van der Waals surface area contributed by atoms with Gasteiger partial charge in [-0.25, -0.2) is 4.79 Å². The molecule has 1 aliphatic rings. The maximum absolute atomic E-state index is 11.4. The smallest absolute Gasteiger partial charge is 0.314 e. The van der Waals surface area contributed by atoms with Crippen molar-refractivity contribution in [1.82, 2.24) is 15.5 Å². The third-order valence-electron chi connectivity index (χ3n) is 3.92. The first-order chi connectivity index (χ1) is 10.6. The number of carbonyl (C=O) groups excluding carboxylic acids is 1. The van der Waals surface area contributed by atoms with Crippen LogP contribution in [0.5, 0.6) is 11.5 Å². The number of nitrogens with one attached hydrogen (secondary N) is 2. The van der Waals surface area contributed by atoms with Crippen LogP contribution >= 0.6 is 0 Å². The van der Waals surface area contributed by atoms with Crippen LogP contribution in [0.2, 0.25) is 0 Å². The Hall–Kier alpha value is -1.95. The van der Waals surface area contributed by atoms with E-state index in [-0.39, 0.29) is 11.8 Å². The lowest BCUT2D eigenvalue weighted by atomic mass is 10.1. The fraction of sp³-hybridized carbons (Fsp3) is 0.562. The number of urea groups is 1. The predicted molar refractivity (Wildman–Crippen MR) is 85.1 cm³/mol. The minimum atomic E-state index is -0.101. The zero-order chi connectivity index (χ0) is 15.9. The van der Waals surface area contributed by atoms with E-state index in [1.54, 1.807) is 25.3 Å². The molecule has 1 atom stereocenters. The van der Waals surface area contributed by atoms with E-state index < -0.39 is 0 Å². The number of amides is 2. The molecule has 1 heterocycles. The summed E-state index contributed by atoms with van der Waals surface area (Å²) in [6.07, 6.45) is 1.06. The summed E-state index contributed by atoms with van der Waals surface area (Å²) >= 11 is 0. The van der Waals surface area contributed by atoms with E-state index in [1.807, 2.05) is 6.92 Å². The Morgan fingerprint density at radius 2 is 2.27 bits per heavy atom. The van der Waals surface area contributed by atoms with Crippen molar-refractivity contribution in [3.8, 4) is 11.5 Å². The number of hydrogen-bond donors (Lipinski definition) is 3. The Bertz CT molecular complexity index is 507. The van der Waals surface area contributed by atoms with E-state index in [4.69, 9.17) is 4.74 Å². The summed E-state index contributed by atoms with van der Waals surface area (Å²) in [5, 5.41) is 15.3. The van der Waals surface area contributed by atoms with E-state index >= 15 is 0 Å². The number of rotatable bonds is 6. The molecule has 1 fully saturated rings. The Morgan fingerprint density at radius 3 is 3.00 bits per heavy atom. The van der Waals surface area contributed by atoms with Gasteiger partial charge in [0.05, 0.1) is 7.11 Å². The third kappa shape index (κ3) is 4.53. The maximum atomic E-state index is 11.4. The van der Waals surface area contributed by atoms with Gasteiger partial charge in [0.15, 0.2) is 0 Å². The lowest BCUT2D eigenvalue weighted by Crippen LogP contribution is -2.38. The Morgan fingerprint density at radius 1 is 1.45 bits per heavy atom. The third-order valence-corrected chi connectivity index (χ3v) is 3.92. The second-order valence-electron chi connectivity index (χ2n) is 5.63. The van der Waals surface area contributed by atoms with Crippen molar-refractivity contribution in [3.05, 3.63) is 23.8 Å². The second-order valence-corrected chi connectivity index (χ2v) is 5.63. The number of carbonyl (C=O) groups is 1. The monoisotopic (exact) mass is 307 g/mol. The molecule has 1 aromatic rings. The normalized spacial score (nSPS) is 18.2. The first-order valence-corrected chi connectivity index (χ1v) is 7.72. The SMILES string of the molecule is CCNC(=O)NC[C@@H]1CCN(Cc2cc(O)ccc2OC)C1. The van der Waals surface area contributed by atoms with Gasteiger partial charge in [-0.2, -0.15) is 0 Å². The molecule has 22 heavy (non-hydrogen) atoms. The molecule has 3 N–H and O–H groups in total. The number of phenols is 1. The first kappa shape index (κ1) is 16.4. The quantitative estimate of drug-likeness (QED) is 0.745. The zero-order valence-electron chi connectivity index (χ0n) is 13.3. The highest BCUT2D eigenvalue weighted by Gasteiger charge is 2.23. The summed E-state index contributed by atoms with van der Waals surface area (Å²) in [4.78, 5) is 13.7. The molecule has 0 bridgehead atoms. The van der Waals surface area contributed by atoms with E-state index in [9.17, 15) is 9.90 Å². The van der Waals surface area contributed by atoms with E-state index in [0.717, 1.165) is 37.4 Å². The van der Waals surface area contributed by atoms with Crippen molar-refractivity contribution in [2.24, 2.45) is 5.92 Å². The average molecular weight is 307 g/mol. The molecule has 0 saturated carbocycles. The summed E-state index contributed by atoms with van der Waals surface area (Å²) in [6, 6.07) is 5.06. The average Bonchev–Trinajstić information content (AvgIpc) is 2.93. The Balaban J connectivity index is 1.83. The lowest BCUT2D eigenvalue weighted by Gasteiger charge is -2.18. The predicted octanol–water partition coefficient (Wildman–Crippen LogP) is 1.54. The summed E-state index contributed by atoms with van der Waals surface area (Å²) < 4.78 is 5.34. The number of likely N-dealkylation sites (tertiary alicyclic amines) is 1. The molecule has 2 rings (SSSR count). The maximum Gasteiger partial charge on any atom is 0.314 e. The zero-order valence-corrected chi connectivity index (χ0v) is 13.3. The molecule has 0 spiro atoms. The van der Waals surface area contributed by atoms with Gasteiger partial charge in [0, 0.05) is 31.7 Å². The van der Waals surface area contributed by atoms with Crippen molar-refractivity contribution >= 4 is 6.03 Å². The van der Waals surface area contributed by atoms with Crippen molar-refractivity contribution in [3.63, 3.8) is 0 Å². The largest absolute Gasteiger partial charge is 0.508 e. The van der Waals surface area contributed by atoms with Gasteiger partial charge < -0.3 is 20.5 Å². The van der Waals surface area contributed by atoms with Crippen LogP contribution in [-0.4, -0.2) is 49.3 Å². The fourth-order valence-electron chi connectivity index (χ4n) is 2.81. The molecule has 0 aliphatic carbocycles. The Labute approximate surface area is 131 Å². The molecule has 1 saturated heterocycles. The minimum Gasteiger partial charge on any atom is -0.508 e. The van der Waals surface area contributed by atoms with E-state index in [2.05, 4.69) is 15.5 Å². The van der Waals surface area contributed by atoms with Crippen LogP contribution in [0, 0.1) is 5.92 Å². The summed E-state index contributed by atoms with van der Waals surface area (Å²) in [5.74, 6) is 1.51. The van der Waals surface area contributed by atoms with Crippen molar-refractivity contribution in [1.29, 1.82) is 0 Å². The molecule has 1 aliphatic heterocycles. The number of benzene rings is 1. The van der Waals surface area contributed by atoms with Crippen molar-refractivity contribution in [2.75, 3.05) is 33.3 Å². The van der Waals surface area contributed by atoms with Crippen LogP contribution in [0.4, 0.5) is 4.79 Å². The summed E-state index contributed by atoms with van der Waals surface area (Å²) in [7, 11) is 1.64. The molecule has 0 aromatic heterocycles. The van der Waals surface area contributed by atoms with Gasteiger partial charge in [-0.3, -0.25) is 4.90 Å². The summed E-state index contributed by atoms with van der Waals surface area (Å²) in [5.41, 5.74) is 0.986. The topological polar surface area (TPSA) is 73.8 Å². The highest BCUT2D eigenvalue weighted by Crippen LogP contribution is 2.26. The van der Waals surface area contributed by atoms with Crippen LogP contribution < -0.4 is 15.4 Å². The molecule has 0 unspecified atom stereocenters.